The molecule has 2 unspecified atom stereocenters. The molecule has 3 heterocycles. The molecule has 0 aliphatic carbocycles. The van der Waals surface area contributed by atoms with Gasteiger partial charge in [-0.15, -0.1) is 0 Å². The molecular weight excluding hydrogens is 228 g/mol. The first-order valence-electron chi connectivity index (χ1n) is 7.12. The molecule has 1 saturated heterocycles. The number of aliphatic hydroxyl groups is 1. The van der Waals surface area contributed by atoms with E-state index in [9.17, 15) is 5.11 Å². The summed E-state index contributed by atoms with van der Waals surface area (Å²) in [7, 11) is 0. The van der Waals surface area contributed by atoms with E-state index >= 15 is 0 Å². The predicted octanol–water partition coefficient (Wildman–Crippen LogP) is 0.517. The first-order valence-corrected chi connectivity index (χ1v) is 7.12. The van der Waals surface area contributed by atoms with Gasteiger partial charge in [-0.3, -0.25) is 0 Å². The lowest BCUT2D eigenvalue weighted by Gasteiger charge is -2.21. The molecule has 2 aliphatic rings. The third-order valence-corrected chi connectivity index (χ3v) is 4.11. The molecule has 0 bridgehead atoms. The molecule has 1 fully saturated rings. The Morgan fingerprint density at radius 1 is 1.33 bits per heavy atom. The van der Waals surface area contributed by atoms with E-state index in [1.165, 1.54) is 19.3 Å². The van der Waals surface area contributed by atoms with Crippen LogP contribution in [0, 0.1) is 5.92 Å². The summed E-state index contributed by atoms with van der Waals surface area (Å²) in [5.74, 6) is 2.41. The lowest BCUT2D eigenvalue weighted by atomic mass is 9.99. The summed E-state index contributed by atoms with van der Waals surface area (Å²) in [5.41, 5.74) is 0. The van der Waals surface area contributed by atoms with Crippen LogP contribution in [0.25, 0.3) is 0 Å². The van der Waals surface area contributed by atoms with Crippen LogP contribution in [-0.2, 0) is 19.4 Å². The van der Waals surface area contributed by atoms with Crippen LogP contribution < -0.4 is 5.32 Å². The summed E-state index contributed by atoms with van der Waals surface area (Å²) < 4.78 is 2.03. The van der Waals surface area contributed by atoms with E-state index in [4.69, 9.17) is 0 Å². The quantitative estimate of drug-likeness (QED) is 0.821. The fraction of sp³-hybridized carbons (Fsp3) is 0.846. The molecule has 2 aliphatic heterocycles. The van der Waals surface area contributed by atoms with E-state index in [2.05, 4.69) is 15.4 Å². The monoisotopic (exact) mass is 250 g/mol. The molecule has 3 rings (SSSR count). The predicted molar refractivity (Wildman–Crippen MR) is 68.3 cm³/mol. The number of nitrogens with zero attached hydrogens (tertiary/aromatic N) is 3. The molecule has 5 heteroatoms. The van der Waals surface area contributed by atoms with Crippen LogP contribution in [0.2, 0.25) is 0 Å². The van der Waals surface area contributed by atoms with Crippen molar-refractivity contribution in [3.05, 3.63) is 11.6 Å². The first kappa shape index (κ1) is 12.1. The van der Waals surface area contributed by atoms with Crippen LogP contribution in [0.1, 0.15) is 37.3 Å². The molecular formula is C13H22N4O. The van der Waals surface area contributed by atoms with Crippen molar-refractivity contribution in [2.75, 3.05) is 13.2 Å². The van der Waals surface area contributed by atoms with Gasteiger partial charge in [0.2, 0.25) is 0 Å². The van der Waals surface area contributed by atoms with Gasteiger partial charge in [0.05, 0.1) is 0 Å². The van der Waals surface area contributed by atoms with Crippen molar-refractivity contribution in [1.29, 1.82) is 0 Å². The Hall–Kier alpha value is -0.940. The average molecular weight is 250 g/mol. The molecule has 5 nitrogen and oxygen atoms in total. The molecule has 2 atom stereocenters. The van der Waals surface area contributed by atoms with E-state index < -0.39 is 0 Å². The molecule has 0 spiro atoms. The molecule has 0 amide bonds. The molecule has 0 saturated carbocycles. The van der Waals surface area contributed by atoms with Crippen molar-refractivity contribution in [2.24, 2.45) is 5.92 Å². The topological polar surface area (TPSA) is 63.0 Å². The van der Waals surface area contributed by atoms with Gasteiger partial charge in [0.25, 0.3) is 0 Å². The number of fused-ring (bicyclic) bond motifs is 1. The van der Waals surface area contributed by atoms with Gasteiger partial charge in [-0.05, 0) is 31.7 Å². The van der Waals surface area contributed by atoms with E-state index in [0.717, 1.165) is 44.0 Å². The molecule has 1 aromatic rings. The number of piperidine rings is 1. The number of nitrogens with one attached hydrogen (secondary N) is 1. The molecule has 2 N–H and O–H groups in total. The zero-order chi connectivity index (χ0) is 12.4. The normalized spacial score (nSPS) is 28.1. The molecule has 18 heavy (non-hydrogen) atoms. The van der Waals surface area contributed by atoms with Crippen molar-refractivity contribution >= 4 is 0 Å². The highest BCUT2D eigenvalue weighted by Crippen LogP contribution is 2.19. The maximum atomic E-state index is 9.22. The van der Waals surface area contributed by atoms with Gasteiger partial charge in [0.15, 0.2) is 5.82 Å². The number of aryl methyl sites for hydroxylation is 1. The van der Waals surface area contributed by atoms with Gasteiger partial charge in [-0.25, -0.2) is 9.67 Å². The Kier molecular flexibility index (Phi) is 3.61. The number of rotatable bonds is 3. The number of hydrogen-bond donors (Lipinski definition) is 2. The van der Waals surface area contributed by atoms with Gasteiger partial charge in [0, 0.05) is 32.0 Å². The summed E-state index contributed by atoms with van der Waals surface area (Å²) in [6, 6.07) is 0.553. The minimum Gasteiger partial charge on any atom is -0.396 e. The van der Waals surface area contributed by atoms with Gasteiger partial charge >= 0.3 is 0 Å². The Morgan fingerprint density at radius 2 is 2.28 bits per heavy atom. The minimum absolute atomic E-state index is 0.270. The molecule has 1 aromatic heterocycles. The largest absolute Gasteiger partial charge is 0.396 e. The second-order valence-corrected chi connectivity index (χ2v) is 5.56. The zero-order valence-corrected chi connectivity index (χ0v) is 10.8. The van der Waals surface area contributed by atoms with Crippen molar-refractivity contribution in [3.63, 3.8) is 0 Å². The van der Waals surface area contributed by atoms with Crippen LogP contribution in [0.4, 0.5) is 0 Å². The summed E-state index contributed by atoms with van der Waals surface area (Å²) >= 11 is 0. The lowest BCUT2D eigenvalue weighted by molar-refractivity contribution is 0.196. The molecule has 0 aromatic carbocycles. The van der Waals surface area contributed by atoms with Crippen LogP contribution in [0.15, 0.2) is 0 Å². The highest BCUT2D eigenvalue weighted by Gasteiger charge is 2.22. The van der Waals surface area contributed by atoms with Gasteiger partial charge in [-0.1, -0.05) is 6.42 Å². The van der Waals surface area contributed by atoms with Gasteiger partial charge < -0.3 is 10.4 Å². The van der Waals surface area contributed by atoms with Crippen LogP contribution in [0.3, 0.4) is 0 Å². The Morgan fingerprint density at radius 3 is 3.06 bits per heavy atom. The summed E-state index contributed by atoms with van der Waals surface area (Å²) in [6.45, 7) is 2.31. The maximum absolute atomic E-state index is 9.22. The van der Waals surface area contributed by atoms with Crippen LogP contribution in [0.5, 0.6) is 0 Å². The fourth-order valence-electron chi connectivity index (χ4n) is 2.98. The van der Waals surface area contributed by atoms with E-state index in [1.54, 1.807) is 0 Å². The van der Waals surface area contributed by atoms with Crippen LogP contribution in [-0.4, -0.2) is 39.1 Å². The number of hydrogen-bond acceptors (Lipinski definition) is 4. The maximum Gasteiger partial charge on any atom is 0.152 e. The SMILES string of the molecule is OCC1CCn2nc(CC3CCCCN3)nc2C1. The van der Waals surface area contributed by atoms with Crippen LogP contribution >= 0.6 is 0 Å². The highest BCUT2D eigenvalue weighted by molar-refractivity contribution is 4.99. The molecule has 100 valence electrons. The van der Waals surface area contributed by atoms with Crippen molar-refractivity contribution < 1.29 is 5.11 Å². The Labute approximate surface area is 108 Å². The third kappa shape index (κ3) is 2.57. The third-order valence-electron chi connectivity index (χ3n) is 4.11. The smallest absolute Gasteiger partial charge is 0.152 e. The summed E-state index contributed by atoms with van der Waals surface area (Å²) in [6.07, 6.45) is 6.70. The molecule has 0 radical (unpaired) electrons. The summed E-state index contributed by atoms with van der Waals surface area (Å²) in [5, 5.41) is 17.4. The first-order chi connectivity index (χ1) is 8.85. The zero-order valence-electron chi connectivity index (χ0n) is 10.8. The highest BCUT2D eigenvalue weighted by atomic mass is 16.3. The summed E-state index contributed by atoms with van der Waals surface area (Å²) in [4.78, 5) is 4.64. The minimum atomic E-state index is 0.270. The number of aliphatic hydroxyl groups excluding tert-OH is 1. The second kappa shape index (κ2) is 5.36. The second-order valence-electron chi connectivity index (χ2n) is 5.56. The van der Waals surface area contributed by atoms with Crippen molar-refractivity contribution in [2.45, 2.75) is 51.1 Å². The van der Waals surface area contributed by atoms with E-state index in [1.807, 2.05) is 4.68 Å². The van der Waals surface area contributed by atoms with Crippen molar-refractivity contribution in [1.82, 2.24) is 20.1 Å². The van der Waals surface area contributed by atoms with E-state index in [0.29, 0.717) is 12.0 Å². The average Bonchev–Trinajstić information content (AvgIpc) is 2.80. The Bertz CT molecular complexity index is 398. The number of aromatic nitrogens is 3. The van der Waals surface area contributed by atoms with Gasteiger partial charge in [-0.2, -0.15) is 5.10 Å². The van der Waals surface area contributed by atoms with Gasteiger partial charge in [0.1, 0.15) is 5.82 Å². The van der Waals surface area contributed by atoms with Crippen molar-refractivity contribution in [3.8, 4) is 0 Å². The lowest BCUT2D eigenvalue weighted by Crippen LogP contribution is -2.35. The van der Waals surface area contributed by atoms with E-state index in [-0.39, 0.29) is 6.61 Å². The standard InChI is InChI=1S/C13H22N4O/c18-9-10-4-6-17-13(7-10)15-12(16-17)8-11-3-1-2-5-14-11/h10-11,14,18H,1-9H2. The fourth-order valence-corrected chi connectivity index (χ4v) is 2.98. The Balaban J connectivity index is 1.65.